The first-order valence-corrected chi connectivity index (χ1v) is 8.91. The van der Waals surface area contributed by atoms with Gasteiger partial charge in [-0.15, -0.1) is 0 Å². The summed E-state index contributed by atoms with van der Waals surface area (Å²) in [5.41, 5.74) is 0. The number of amides is 1. The minimum atomic E-state index is -3.36. The molecule has 1 aliphatic heterocycles. The van der Waals surface area contributed by atoms with E-state index in [4.69, 9.17) is 4.42 Å². The lowest BCUT2D eigenvalue weighted by molar-refractivity contribution is -0.135. The van der Waals surface area contributed by atoms with Gasteiger partial charge in [-0.1, -0.05) is 6.42 Å². The number of hydrogen-bond acceptors (Lipinski definition) is 4. The van der Waals surface area contributed by atoms with Gasteiger partial charge in [0.2, 0.25) is 15.9 Å². The van der Waals surface area contributed by atoms with E-state index < -0.39 is 16.1 Å². The van der Waals surface area contributed by atoms with E-state index in [1.807, 2.05) is 19.1 Å². The molecule has 0 N–H and O–H groups in total. The molecule has 1 amide bonds. The standard InChI is InChI=1S/C14H22N2O4S/c1-11-7-8-12(20-11)10-15(2)14(17)13-6-4-5-9-16(13)21(3,18)19/h7-8,13H,4-6,9-10H2,1-3H3/t13-/m1/s1. The Morgan fingerprint density at radius 2 is 2.14 bits per heavy atom. The zero-order valence-electron chi connectivity index (χ0n) is 12.7. The quantitative estimate of drug-likeness (QED) is 0.841. The van der Waals surface area contributed by atoms with Crippen molar-refractivity contribution in [2.75, 3.05) is 19.8 Å². The van der Waals surface area contributed by atoms with Gasteiger partial charge >= 0.3 is 0 Å². The van der Waals surface area contributed by atoms with E-state index >= 15 is 0 Å². The van der Waals surface area contributed by atoms with Gasteiger partial charge in [0.25, 0.3) is 0 Å². The Bertz CT molecular complexity index is 608. The molecule has 1 fully saturated rings. The molecule has 0 spiro atoms. The summed E-state index contributed by atoms with van der Waals surface area (Å²) in [7, 11) is -1.68. The fraction of sp³-hybridized carbons (Fsp3) is 0.643. The number of hydrogen-bond donors (Lipinski definition) is 0. The molecule has 0 saturated carbocycles. The van der Waals surface area contributed by atoms with Gasteiger partial charge in [0.1, 0.15) is 17.6 Å². The number of rotatable bonds is 4. The van der Waals surface area contributed by atoms with Gasteiger partial charge in [0, 0.05) is 13.6 Å². The molecule has 0 aliphatic carbocycles. The molecule has 0 radical (unpaired) electrons. The van der Waals surface area contributed by atoms with Crippen molar-refractivity contribution in [3.05, 3.63) is 23.7 Å². The summed E-state index contributed by atoms with van der Waals surface area (Å²) in [5, 5.41) is 0. The van der Waals surface area contributed by atoms with E-state index in [0.29, 0.717) is 25.3 Å². The molecule has 1 aromatic rings. The number of carbonyl (C=O) groups excluding carboxylic acids is 1. The van der Waals surface area contributed by atoms with Crippen molar-refractivity contribution in [1.82, 2.24) is 9.21 Å². The molecule has 0 bridgehead atoms. The van der Waals surface area contributed by atoms with Gasteiger partial charge in [-0.3, -0.25) is 4.79 Å². The van der Waals surface area contributed by atoms with Gasteiger partial charge < -0.3 is 9.32 Å². The minimum Gasteiger partial charge on any atom is -0.464 e. The number of sulfonamides is 1. The van der Waals surface area contributed by atoms with E-state index in [0.717, 1.165) is 24.9 Å². The van der Waals surface area contributed by atoms with E-state index in [2.05, 4.69) is 0 Å². The van der Waals surface area contributed by atoms with Crippen molar-refractivity contribution in [2.24, 2.45) is 0 Å². The molecule has 21 heavy (non-hydrogen) atoms. The summed E-state index contributed by atoms with van der Waals surface area (Å²) in [5.74, 6) is 1.32. The molecule has 0 unspecified atom stereocenters. The predicted octanol–water partition coefficient (Wildman–Crippen LogP) is 1.36. The molecule has 7 heteroatoms. The van der Waals surface area contributed by atoms with Crippen LogP contribution in [0.5, 0.6) is 0 Å². The lowest BCUT2D eigenvalue weighted by Crippen LogP contribution is -2.51. The molecule has 2 rings (SSSR count). The fourth-order valence-corrected chi connectivity index (χ4v) is 3.80. The maximum Gasteiger partial charge on any atom is 0.241 e. The normalized spacial score (nSPS) is 20.4. The van der Waals surface area contributed by atoms with Gasteiger partial charge in [0.15, 0.2) is 0 Å². The fourth-order valence-electron chi connectivity index (χ4n) is 2.68. The summed E-state index contributed by atoms with van der Waals surface area (Å²) < 4.78 is 30.4. The maximum atomic E-state index is 12.5. The number of furan rings is 1. The maximum absolute atomic E-state index is 12.5. The molecule has 1 aromatic heterocycles. The molecular weight excluding hydrogens is 292 g/mol. The Balaban J connectivity index is 2.09. The second-order valence-corrected chi connectivity index (χ2v) is 7.53. The van der Waals surface area contributed by atoms with E-state index in [1.165, 1.54) is 9.21 Å². The molecule has 1 aliphatic rings. The summed E-state index contributed by atoms with van der Waals surface area (Å²) in [6, 6.07) is 3.08. The highest BCUT2D eigenvalue weighted by molar-refractivity contribution is 7.88. The Morgan fingerprint density at radius 3 is 2.71 bits per heavy atom. The van der Waals surface area contributed by atoms with Crippen molar-refractivity contribution >= 4 is 15.9 Å². The van der Waals surface area contributed by atoms with Crippen LogP contribution in [0, 0.1) is 6.92 Å². The van der Waals surface area contributed by atoms with Crippen molar-refractivity contribution in [3.63, 3.8) is 0 Å². The number of nitrogens with zero attached hydrogens (tertiary/aromatic N) is 2. The molecule has 118 valence electrons. The molecule has 2 heterocycles. The van der Waals surface area contributed by atoms with Crippen molar-refractivity contribution < 1.29 is 17.6 Å². The highest BCUT2D eigenvalue weighted by Gasteiger charge is 2.35. The van der Waals surface area contributed by atoms with Crippen LogP contribution < -0.4 is 0 Å². The third kappa shape index (κ3) is 3.85. The number of carbonyl (C=O) groups is 1. The van der Waals surface area contributed by atoms with Crippen molar-refractivity contribution in [2.45, 2.75) is 38.8 Å². The predicted molar refractivity (Wildman–Crippen MR) is 79.1 cm³/mol. The van der Waals surface area contributed by atoms with Gasteiger partial charge in [-0.2, -0.15) is 4.31 Å². The van der Waals surface area contributed by atoms with Crippen LogP contribution in [0.15, 0.2) is 16.5 Å². The highest BCUT2D eigenvalue weighted by Crippen LogP contribution is 2.22. The van der Waals surface area contributed by atoms with Crippen LogP contribution in [0.2, 0.25) is 0 Å². The van der Waals surface area contributed by atoms with E-state index in [9.17, 15) is 13.2 Å². The van der Waals surface area contributed by atoms with Crippen LogP contribution in [0.25, 0.3) is 0 Å². The van der Waals surface area contributed by atoms with Crippen LogP contribution in [-0.4, -0.2) is 49.4 Å². The first-order chi connectivity index (χ1) is 9.79. The second kappa shape index (κ2) is 6.19. The van der Waals surface area contributed by atoms with Crippen LogP contribution >= 0.6 is 0 Å². The summed E-state index contributed by atoms with van der Waals surface area (Å²) in [6.45, 7) is 2.61. The number of likely N-dealkylation sites (N-methyl/N-ethyl adjacent to an activating group) is 1. The van der Waals surface area contributed by atoms with Crippen LogP contribution in [-0.2, 0) is 21.4 Å². The average Bonchev–Trinajstić information content (AvgIpc) is 2.82. The average molecular weight is 314 g/mol. The highest BCUT2D eigenvalue weighted by atomic mass is 32.2. The zero-order valence-corrected chi connectivity index (χ0v) is 13.5. The Kier molecular flexibility index (Phi) is 4.73. The summed E-state index contributed by atoms with van der Waals surface area (Å²) >= 11 is 0. The van der Waals surface area contributed by atoms with Gasteiger partial charge in [-0.25, -0.2) is 8.42 Å². The second-order valence-electron chi connectivity index (χ2n) is 5.59. The first-order valence-electron chi connectivity index (χ1n) is 7.06. The molecule has 1 atom stereocenters. The third-order valence-corrected chi connectivity index (χ3v) is 5.02. The van der Waals surface area contributed by atoms with Crippen LogP contribution in [0.1, 0.15) is 30.8 Å². The number of piperidine rings is 1. The summed E-state index contributed by atoms with van der Waals surface area (Å²) in [6.07, 6.45) is 3.41. The molecule has 1 saturated heterocycles. The SMILES string of the molecule is Cc1ccc(CN(C)C(=O)[C@H]2CCCCN2S(C)(=O)=O)o1. The molecular formula is C14H22N2O4S. The largest absolute Gasteiger partial charge is 0.464 e. The molecule has 6 nitrogen and oxygen atoms in total. The van der Waals surface area contributed by atoms with Gasteiger partial charge in [-0.05, 0) is 31.9 Å². The van der Waals surface area contributed by atoms with E-state index in [-0.39, 0.29) is 5.91 Å². The zero-order chi connectivity index (χ0) is 15.6. The molecule has 0 aromatic carbocycles. The lowest BCUT2D eigenvalue weighted by atomic mass is 10.0. The van der Waals surface area contributed by atoms with Crippen molar-refractivity contribution in [1.29, 1.82) is 0 Å². The minimum absolute atomic E-state index is 0.172. The monoisotopic (exact) mass is 314 g/mol. The Hall–Kier alpha value is -1.34. The smallest absolute Gasteiger partial charge is 0.241 e. The number of aryl methyl sites for hydroxylation is 1. The Morgan fingerprint density at radius 1 is 1.43 bits per heavy atom. The van der Waals surface area contributed by atoms with Crippen molar-refractivity contribution in [3.8, 4) is 0 Å². The third-order valence-electron chi connectivity index (χ3n) is 3.73. The summed E-state index contributed by atoms with van der Waals surface area (Å²) in [4.78, 5) is 14.1. The lowest BCUT2D eigenvalue weighted by Gasteiger charge is -2.34. The first kappa shape index (κ1) is 16.0. The Labute approximate surface area is 125 Å². The topological polar surface area (TPSA) is 70.8 Å². The van der Waals surface area contributed by atoms with Gasteiger partial charge in [0.05, 0.1) is 12.8 Å². The van der Waals surface area contributed by atoms with Crippen LogP contribution in [0.4, 0.5) is 0 Å². The van der Waals surface area contributed by atoms with E-state index in [1.54, 1.807) is 7.05 Å². The van der Waals surface area contributed by atoms with Crippen LogP contribution in [0.3, 0.4) is 0 Å².